The third kappa shape index (κ3) is 4.32. The Balaban J connectivity index is 1.23. The molecule has 0 bridgehead atoms. The van der Waals surface area contributed by atoms with Gasteiger partial charge in [0.25, 0.3) is 0 Å². The van der Waals surface area contributed by atoms with E-state index in [0.29, 0.717) is 13.2 Å². The highest BCUT2D eigenvalue weighted by Crippen LogP contribution is 2.36. The van der Waals surface area contributed by atoms with E-state index in [9.17, 15) is 4.79 Å². The fourth-order valence-electron chi connectivity index (χ4n) is 3.52. The maximum absolute atomic E-state index is 11.7. The molecule has 0 atom stereocenters. The zero-order valence-corrected chi connectivity index (χ0v) is 15.7. The minimum Gasteiger partial charge on any atom is -0.445 e. The molecule has 4 rings (SSSR count). The zero-order chi connectivity index (χ0) is 19.2. The second-order valence-corrected chi connectivity index (χ2v) is 6.93. The Kier molecular flexibility index (Phi) is 5.53. The number of hydrogen-bond donors (Lipinski definition) is 1. The summed E-state index contributed by atoms with van der Waals surface area (Å²) in [5.41, 5.74) is 7.65. The first-order valence-corrected chi connectivity index (χ1v) is 9.62. The number of hydrogen-bond acceptors (Lipinski definition) is 2. The SMILES string of the molecule is O=C(NCCC=Cc1ccc2c(c1)Cc1ccccc1-2)OCc1ccccc1. The molecule has 1 amide bonds. The number of rotatable bonds is 6. The first-order chi connectivity index (χ1) is 13.8. The van der Waals surface area contributed by atoms with Crippen LogP contribution in [0.25, 0.3) is 17.2 Å². The Hall–Kier alpha value is -3.33. The van der Waals surface area contributed by atoms with Crippen molar-refractivity contribution in [2.24, 2.45) is 0 Å². The molecule has 3 aromatic rings. The van der Waals surface area contributed by atoms with Crippen LogP contribution < -0.4 is 5.32 Å². The predicted octanol–water partition coefficient (Wildman–Crippen LogP) is 5.59. The number of alkyl carbamates (subject to hydrolysis) is 1. The predicted molar refractivity (Wildman–Crippen MR) is 113 cm³/mol. The molecule has 0 saturated carbocycles. The normalized spacial score (nSPS) is 11.9. The molecule has 0 fully saturated rings. The molecule has 0 spiro atoms. The number of carbonyl (C=O) groups is 1. The number of fused-ring (bicyclic) bond motifs is 3. The summed E-state index contributed by atoms with van der Waals surface area (Å²) < 4.78 is 5.20. The maximum Gasteiger partial charge on any atom is 0.407 e. The number of ether oxygens (including phenoxy) is 1. The van der Waals surface area contributed by atoms with E-state index in [1.165, 1.54) is 27.8 Å². The molecule has 0 unspecified atom stereocenters. The second-order valence-electron chi connectivity index (χ2n) is 6.93. The van der Waals surface area contributed by atoms with Gasteiger partial charge in [0.2, 0.25) is 0 Å². The van der Waals surface area contributed by atoms with E-state index in [2.05, 4.69) is 59.9 Å². The molecule has 3 nitrogen and oxygen atoms in total. The van der Waals surface area contributed by atoms with Crippen molar-refractivity contribution >= 4 is 12.2 Å². The van der Waals surface area contributed by atoms with Crippen molar-refractivity contribution in [3.63, 3.8) is 0 Å². The monoisotopic (exact) mass is 369 g/mol. The molecule has 0 radical (unpaired) electrons. The number of nitrogens with one attached hydrogen (secondary N) is 1. The minimum absolute atomic E-state index is 0.292. The first kappa shape index (κ1) is 18.1. The van der Waals surface area contributed by atoms with Gasteiger partial charge in [0.1, 0.15) is 6.61 Å². The third-order valence-electron chi connectivity index (χ3n) is 4.92. The lowest BCUT2D eigenvalue weighted by atomic mass is 10.0. The highest BCUT2D eigenvalue weighted by atomic mass is 16.5. The average molecular weight is 369 g/mol. The topological polar surface area (TPSA) is 38.3 Å². The van der Waals surface area contributed by atoms with Crippen molar-refractivity contribution in [3.8, 4) is 11.1 Å². The van der Waals surface area contributed by atoms with Gasteiger partial charge in [-0.3, -0.25) is 0 Å². The van der Waals surface area contributed by atoms with Gasteiger partial charge in [-0.05, 0) is 46.2 Å². The van der Waals surface area contributed by atoms with E-state index in [4.69, 9.17) is 4.74 Å². The van der Waals surface area contributed by atoms with Crippen LogP contribution in [0.1, 0.15) is 28.7 Å². The van der Waals surface area contributed by atoms with Gasteiger partial charge >= 0.3 is 6.09 Å². The molecule has 1 aliphatic rings. The Labute approximate surface area is 165 Å². The van der Waals surface area contributed by atoms with Crippen molar-refractivity contribution in [1.29, 1.82) is 0 Å². The molecule has 0 aromatic heterocycles. The third-order valence-corrected chi connectivity index (χ3v) is 4.92. The summed E-state index contributed by atoms with van der Waals surface area (Å²) >= 11 is 0. The van der Waals surface area contributed by atoms with E-state index in [0.717, 1.165) is 18.4 Å². The van der Waals surface area contributed by atoms with Gasteiger partial charge in [-0.2, -0.15) is 0 Å². The summed E-state index contributed by atoms with van der Waals surface area (Å²) in [7, 11) is 0. The van der Waals surface area contributed by atoms with Gasteiger partial charge in [0.15, 0.2) is 0 Å². The molecular formula is C25H23NO2. The second kappa shape index (κ2) is 8.57. The molecule has 1 N–H and O–H groups in total. The van der Waals surface area contributed by atoms with Crippen molar-refractivity contribution in [3.05, 3.63) is 101 Å². The molecular weight excluding hydrogens is 346 g/mol. The first-order valence-electron chi connectivity index (χ1n) is 9.62. The number of carbonyl (C=O) groups excluding carboxylic acids is 1. The van der Waals surface area contributed by atoms with Gasteiger partial charge < -0.3 is 10.1 Å². The Morgan fingerprint density at radius 1 is 0.929 bits per heavy atom. The average Bonchev–Trinajstić information content (AvgIpc) is 3.10. The van der Waals surface area contributed by atoms with Gasteiger partial charge in [0.05, 0.1) is 0 Å². The Morgan fingerprint density at radius 2 is 1.71 bits per heavy atom. The highest BCUT2D eigenvalue weighted by molar-refractivity contribution is 5.78. The van der Waals surface area contributed by atoms with E-state index >= 15 is 0 Å². The molecule has 3 heteroatoms. The molecule has 1 aliphatic carbocycles. The zero-order valence-electron chi connectivity index (χ0n) is 15.7. The smallest absolute Gasteiger partial charge is 0.407 e. The van der Waals surface area contributed by atoms with E-state index in [-0.39, 0.29) is 6.09 Å². The molecule has 28 heavy (non-hydrogen) atoms. The standard InChI is InChI=1S/C25H23NO2/c27-25(28-18-20-9-2-1-3-10-20)26-15-7-6-8-19-13-14-24-22(16-19)17-21-11-4-5-12-23(21)24/h1-6,8-14,16H,7,15,17-18H2,(H,26,27). The van der Waals surface area contributed by atoms with Crippen LogP contribution in [0.15, 0.2) is 78.9 Å². The van der Waals surface area contributed by atoms with E-state index in [1.807, 2.05) is 30.3 Å². The van der Waals surface area contributed by atoms with E-state index < -0.39 is 0 Å². The summed E-state index contributed by atoms with van der Waals surface area (Å²) in [6, 6.07) is 24.9. The molecule has 0 heterocycles. The van der Waals surface area contributed by atoms with Crippen molar-refractivity contribution in [1.82, 2.24) is 5.32 Å². The minimum atomic E-state index is -0.382. The van der Waals surface area contributed by atoms with Crippen LogP contribution in [0.4, 0.5) is 4.79 Å². The summed E-state index contributed by atoms with van der Waals surface area (Å²) in [6.07, 6.45) is 5.58. The van der Waals surface area contributed by atoms with Crippen LogP contribution in [0.5, 0.6) is 0 Å². The summed E-state index contributed by atoms with van der Waals surface area (Å²) in [5.74, 6) is 0. The van der Waals surface area contributed by atoms with Crippen LogP contribution in [0.3, 0.4) is 0 Å². The van der Waals surface area contributed by atoms with Crippen molar-refractivity contribution in [2.45, 2.75) is 19.4 Å². The quantitative estimate of drug-likeness (QED) is 0.450. The van der Waals surface area contributed by atoms with Gasteiger partial charge in [-0.15, -0.1) is 0 Å². The summed E-state index contributed by atoms with van der Waals surface area (Å²) in [5, 5.41) is 2.78. The van der Waals surface area contributed by atoms with Crippen LogP contribution in [0.2, 0.25) is 0 Å². The van der Waals surface area contributed by atoms with Crippen LogP contribution in [-0.2, 0) is 17.8 Å². The number of amides is 1. The summed E-state index contributed by atoms with van der Waals surface area (Å²) in [4.78, 5) is 11.7. The molecule has 140 valence electrons. The van der Waals surface area contributed by atoms with Gasteiger partial charge in [-0.1, -0.05) is 84.9 Å². The molecule has 0 aliphatic heterocycles. The Bertz CT molecular complexity index is 992. The lowest BCUT2D eigenvalue weighted by Crippen LogP contribution is -2.24. The maximum atomic E-state index is 11.7. The highest BCUT2D eigenvalue weighted by Gasteiger charge is 2.17. The molecule has 3 aromatic carbocycles. The van der Waals surface area contributed by atoms with Crippen LogP contribution in [-0.4, -0.2) is 12.6 Å². The van der Waals surface area contributed by atoms with E-state index in [1.54, 1.807) is 0 Å². The molecule has 0 saturated heterocycles. The van der Waals surface area contributed by atoms with Crippen LogP contribution in [0, 0.1) is 0 Å². The largest absolute Gasteiger partial charge is 0.445 e. The lowest BCUT2D eigenvalue weighted by Gasteiger charge is -2.06. The fraction of sp³-hybridized carbons (Fsp3) is 0.160. The van der Waals surface area contributed by atoms with Gasteiger partial charge in [-0.25, -0.2) is 4.79 Å². The van der Waals surface area contributed by atoms with Crippen molar-refractivity contribution in [2.75, 3.05) is 6.54 Å². The van der Waals surface area contributed by atoms with Crippen molar-refractivity contribution < 1.29 is 9.53 Å². The lowest BCUT2D eigenvalue weighted by molar-refractivity contribution is 0.140. The van der Waals surface area contributed by atoms with Crippen LogP contribution >= 0.6 is 0 Å². The Morgan fingerprint density at radius 3 is 2.61 bits per heavy atom. The van der Waals surface area contributed by atoms with Gasteiger partial charge in [0, 0.05) is 6.54 Å². The fourth-order valence-corrected chi connectivity index (χ4v) is 3.52. The number of benzene rings is 3. The summed E-state index contributed by atoms with van der Waals surface area (Å²) in [6.45, 7) is 0.848.